The van der Waals surface area contributed by atoms with Crippen molar-refractivity contribution in [3.05, 3.63) is 47.5 Å². The fourth-order valence-corrected chi connectivity index (χ4v) is 8.18. The number of aromatic hydroxyl groups is 2. The molecule has 0 radical (unpaired) electrons. The second-order valence-corrected chi connectivity index (χ2v) is 17.3. The number of aliphatic hydroxyl groups is 1. The first-order valence-corrected chi connectivity index (χ1v) is 23.2. The van der Waals surface area contributed by atoms with E-state index >= 15 is 0 Å². The first kappa shape index (κ1) is 53.0. The van der Waals surface area contributed by atoms with Crippen LogP contribution in [0.4, 0.5) is 0 Å². The average molecular weight is 893 g/mol. The Morgan fingerprint density at radius 1 is 0.750 bits per heavy atom. The Kier molecular flexibility index (Phi) is 22.5. The summed E-state index contributed by atoms with van der Waals surface area (Å²) in [6.45, 7) is 4.68. The van der Waals surface area contributed by atoms with E-state index in [1.807, 2.05) is 0 Å². The molecule has 0 unspecified atom stereocenters. The van der Waals surface area contributed by atoms with Gasteiger partial charge in [0.15, 0.2) is 11.6 Å². The summed E-state index contributed by atoms with van der Waals surface area (Å²) in [6.07, 6.45) is 14.4. The van der Waals surface area contributed by atoms with Crippen LogP contribution in [-0.2, 0) is 40.0 Å². The predicted octanol–water partition coefficient (Wildman–Crippen LogP) is 6.53. The minimum atomic E-state index is -1.36. The van der Waals surface area contributed by atoms with E-state index in [0.29, 0.717) is 12.0 Å². The number of carbonyl (C=O) groups is 7. The number of Topliss-reactive ketones (excluding diaryl/α,β-unsaturated/α-hetero) is 2. The molecule has 2 aromatic carbocycles. The summed E-state index contributed by atoms with van der Waals surface area (Å²) in [4.78, 5) is 95.3. The molecule has 0 aromatic heterocycles. The van der Waals surface area contributed by atoms with Gasteiger partial charge in [0.2, 0.25) is 23.6 Å². The van der Waals surface area contributed by atoms with Crippen LogP contribution in [0, 0.1) is 5.92 Å². The third-order valence-corrected chi connectivity index (χ3v) is 12.4. The maximum absolute atomic E-state index is 14.2. The van der Waals surface area contributed by atoms with Gasteiger partial charge in [-0.3, -0.25) is 28.8 Å². The molecule has 6 N–H and O–H groups in total. The van der Waals surface area contributed by atoms with E-state index in [0.717, 1.165) is 24.2 Å². The fraction of sp³-hybridized carbons (Fsp3) is 0.612. The zero-order chi connectivity index (χ0) is 47.3. The molecule has 2 aromatic rings. The molecule has 4 amide bonds. The van der Waals surface area contributed by atoms with Gasteiger partial charge in [-0.1, -0.05) is 103 Å². The van der Waals surface area contributed by atoms with Gasteiger partial charge in [-0.05, 0) is 55.2 Å². The summed E-state index contributed by atoms with van der Waals surface area (Å²) in [5.41, 5.74) is 0.941. The van der Waals surface area contributed by atoms with Crippen LogP contribution in [0.1, 0.15) is 154 Å². The van der Waals surface area contributed by atoms with Crippen molar-refractivity contribution in [2.45, 2.75) is 167 Å². The molecule has 0 saturated heterocycles. The monoisotopic (exact) mass is 893 g/mol. The van der Waals surface area contributed by atoms with E-state index in [1.54, 1.807) is 6.92 Å². The quantitative estimate of drug-likeness (QED) is 0.0587. The molecule has 15 nitrogen and oxygen atoms in total. The number of ketones is 2. The number of rotatable bonds is 25. The first-order chi connectivity index (χ1) is 30.5. The number of phenolic OH excluding ortho intramolecular Hbond substituents is 2. The summed E-state index contributed by atoms with van der Waals surface area (Å²) in [6, 6.07) is 3.54. The Morgan fingerprint density at radius 3 is 1.88 bits per heavy atom. The second-order valence-electron chi connectivity index (χ2n) is 17.3. The molecule has 15 heteroatoms. The summed E-state index contributed by atoms with van der Waals surface area (Å²) < 4.78 is 0. The molecule has 0 aliphatic carbocycles. The summed E-state index contributed by atoms with van der Waals surface area (Å²) in [5.74, 6) is -6.12. The van der Waals surface area contributed by atoms with Crippen molar-refractivity contribution in [2.24, 2.45) is 5.92 Å². The molecular weight excluding hydrogens is 821 g/mol. The summed E-state index contributed by atoms with van der Waals surface area (Å²) in [5, 5.41) is 46.8. The van der Waals surface area contributed by atoms with Gasteiger partial charge in [-0.2, -0.15) is 0 Å². The number of unbranched alkanes of at least 4 members (excludes halogenated alkanes) is 12. The number of hydrogen-bond donors (Lipinski definition) is 6. The predicted molar refractivity (Wildman–Crippen MR) is 243 cm³/mol. The lowest BCUT2D eigenvalue weighted by atomic mass is 9.88. The number of hydrogen-bond acceptors (Lipinski definition) is 10. The topological polar surface area (TPSA) is 231 Å². The van der Waals surface area contributed by atoms with Crippen molar-refractivity contribution in [2.75, 3.05) is 20.7 Å². The Hall–Kier alpha value is -5.31. The number of nitrogens with one attached hydrogen (secondary N) is 2. The van der Waals surface area contributed by atoms with Gasteiger partial charge in [0, 0.05) is 63.2 Å². The van der Waals surface area contributed by atoms with Crippen LogP contribution in [0.25, 0.3) is 11.1 Å². The highest BCUT2D eigenvalue weighted by atomic mass is 16.4. The number of phenols is 2. The van der Waals surface area contributed by atoms with Crippen molar-refractivity contribution >= 4 is 41.2 Å². The molecule has 3 rings (SSSR count). The fourth-order valence-electron chi connectivity index (χ4n) is 8.18. The third kappa shape index (κ3) is 16.0. The van der Waals surface area contributed by atoms with Crippen molar-refractivity contribution in [1.82, 2.24) is 20.4 Å². The van der Waals surface area contributed by atoms with Crippen molar-refractivity contribution in [1.29, 1.82) is 0 Å². The van der Waals surface area contributed by atoms with Gasteiger partial charge in [-0.15, -0.1) is 0 Å². The smallest absolute Gasteiger partial charge is 0.326 e. The van der Waals surface area contributed by atoms with Gasteiger partial charge in [0.25, 0.3) is 0 Å². The number of amides is 4. The number of carboxylic acid groups (broad SMARTS) is 1. The maximum Gasteiger partial charge on any atom is 0.326 e. The van der Waals surface area contributed by atoms with Crippen molar-refractivity contribution < 1.29 is 54.0 Å². The molecular formula is C49H72N4O11. The lowest BCUT2D eigenvalue weighted by Gasteiger charge is -2.30. The molecule has 4 bridgehead atoms. The molecule has 1 aliphatic heterocycles. The molecule has 5 atom stereocenters. The van der Waals surface area contributed by atoms with Crippen LogP contribution in [-0.4, -0.2) is 110 Å². The Morgan fingerprint density at radius 2 is 1.31 bits per heavy atom. The van der Waals surface area contributed by atoms with Crippen LogP contribution in [0.15, 0.2) is 36.4 Å². The SMILES string of the molecule is CCCCCCCCCCCCCCCC(=O)N(C)[C@H](CO)C(=O)N[C@H](C)C(=O)CCC(=O)N(C)[C@@H]1C(=O)C[C@@H](CC)C(=O)N[C@H](C(=O)O)Cc2ccc(O)c(c2)-c2cc1ccc2O. The van der Waals surface area contributed by atoms with Crippen molar-refractivity contribution in [3.63, 3.8) is 0 Å². The standard InChI is InChI=1S/C49H72N4O11/c1-6-8-9-10-11-12-13-14-15-16-17-18-19-20-44(59)52(4)39(31-54)48(62)50-32(3)40(55)25-26-45(60)53(5)46-35-22-24-42(57)37(29-35)36-27-33(21-23-41(36)56)28-38(49(63)64)51-47(61)34(7-2)30-43(46)58/h21-24,27,29,32,34,38-39,46,54,56-57H,6-20,25-26,28,30-31H2,1-5H3,(H,50,62)(H,51,61)(H,63,64)/t32-,34-,38+,39-,46+/m1/s1. The van der Waals surface area contributed by atoms with Gasteiger partial charge in [0.05, 0.1) is 12.6 Å². The molecule has 0 spiro atoms. The number of carboxylic acids is 1. The second kappa shape index (κ2) is 27.1. The van der Waals surface area contributed by atoms with Gasteiger partial charge < -0.3 is 40.9 Å². The van der Waals surface area contributed by atoms with E-state index in [1.165, 1.54) is 120 Å². The maximum atomic E-state index is 14.2. The minimum Gasteiger partial charge on any atom is -0.507 e. The van der Waals surface area contributed by atoms with Crippen LogP contribution in [0.5, 0.6) is 11.5 Å². The number of nitrogens with zero attached hydrogens (tertiary/aromatic N) is 2. The lowest BCUT2D eigenvalue weighted by Crippen LogP contribution is -2.53. The number of aliphatic carboxylic acids is 1. The van der Waals surface area contributed by atoms with Crippen LogP contribution < -0.4 is 10.6 Å². The van der Waals surface area contributed by atoms with Crippen LogP contribution in [0.2, 0.25) is 0 Å². The number of aliphatic hydroxyl groups excluding tert-OH is 1. The summed E-state index contributed by atoms with van der Waals surface area (Å²) >= 11 is 0. The van der Waals surface area contributed by atoms with Crippen LogP contribution >= 0.6 is 0 Å². The Balaban J connectivity index is 1.62. The molecule has 64 heavy (non-hydrogen) atoms. The first-order valence-electron chi connectivity index (χ1n) is 23.2. The normalized spacial score (nSPS) is 17.4. The molecule has 0 saturated carbocycles. The zero-order valence-corrected chi connectivity index (χ0v) is 38.5. The van der Waals surface area contributed by atoms with E-state index < -0.39 is 71.9 Å². The highest BCUT2D eigenvalue weighted by molar-refractivity contribution is 5.96. The molecule has 1 aliphatic rings. The Labute approximate surface area is 378 Å². The van der Waals surface area contributed by atoms with Crippen LogP contribution in [0.3, 0.4) is 0 Å². The zero-order valence-electron chi connectivity index (χ0n) is 38.5. The number of likely N-dealkylation sites (N-methyl/N-ethyl adjacent to an activating group) is 2. The van der Waals surface area contributed by atoms with Gasteiger partial charge >= 0.3 is 5.97 Å². The van der Waals surface area contributed by atoms with Gasteiger partial charge in [0.1, 0.15) is 29.6 Å². The number of fused-ring (bicyclic) bond motifs is 5. The largest absolute Gasteiger partial charge is 0.507 e. The minimum absolute atomic E-state index is 0.114. The highest BCUT2D eigenvalue weighted by Gasteiger charge is 2.35. The van der Waals surface area contributed by atoms with Crippen molar-refractivity contribution in [3.8, 4) is 22.6 Å². The molecule has 1 heterocycles. The van der Waals surface area contributed by atoms with E-state index in [9.17, 15) is 54.0 Å². The Bertz CT molecular complexity index is 1900. The van der Waals surface area contributed by atoms with E-state index in [-0.39, 0.29) is 72.6 Å². The summed E-state index contributed by atoms with van der Waals surface area (Å²) in [7, 11) is 2.81. The third-order valence-electron chi connectivity index (χ3n) is 12.4. The van der Waals surface area contributed by atoms with E-state index in [2.05, 4.69) is 17.6 Å². The average Bonchev–Trinajstić information content (AvgIpc) is 3.26. The number of benzene rings is 2. The lowest BCUT2D eigenvalue weighted by molar-refractivity contribution is -0.143. The van der Waals surface area contributed by atoms with Gasteiger partial charge in [-0.25, -0.2) is 4.79 Å². The van der Waals surface area contributed by atoms with E-state index in [4.69, 9.17) is 0 Å². The number of carbonyl (C=O) groups excluding carboxylic acids is 6. The highest BCUT2D eigenvalue weighted by Crippen LogP contribution is 2.39. The molecule has 354 valence electrons. The molecule has 0 fully saturated rings.